The predicted molar refractivity (Wildman–Crippen MR) is 126 cm³/mol. The van der Waals surface area contributed by atoms with Crippen molar-refractivity contribution in [3.63, 3.8) is 0 Å². The molecule has 0 radical (unpaired) electrons. The van der Waals surface area contributed by atoms with Crippen molar-refractivity contribution in [2.45, 2.75) is 29.8 Å². The highest BCUT2D eigenvalue weighted by Crippen LogP contribution is 2.29. The predicted octanol–water partition coefficient (Wildman–Crippen LogP) is 2.78. The van der Waals surface area contributed by atoms with Crippen LogP contribution in [0.1, 0.15) is 25.3 Å². The van der Waals surface area contributed by atoms with Gasteiger partial charge in [-0.05, 0) is 52.2 Å². The molecule has 0 unspecified atom stereocenters. The Balaban J connectivity index is 1.70. The zero-order valence-electron chi connectivity index (χ0n) is 19.0. The number of ether oxygens (including phenoxy) is 1. The number of benzene rings is 2. The summed E-state index contributed by atoms with van der Waals surface area (Å²) in [6.07, 6.45) is 0. The van der Waals surface area contributed by atoms with Crippen LogP contribution in [-0.2, 0) is 14.8 Å². The third kappa shape index (κ3) is 5.70. The summed E-state index contributed by atoms with van der Waals surface area (Å²) in [6, 6.07) is 12.4. The van der Waals surface area contributed by atoms with E-state index in [1.165, 1.54) is 50.7 Å². The highest BCUT2D eigenvalue weighted by atomic mass is 32.2. The molecule has 0 aliphatic heterocycles. The summed E-state index contributed by atoms with van der Waals surface area (Å²) in [5, 5.41) is 14.9. The van der Waals surface area contributed by atoms with E-state index in [1.54, 1.807) is 10.7 Å². The lowest BCUT2D eigenvalue weighted by atomic mass is 10.0. The van der Waals surface area contributed by atoms with E-state index in [2.05, 4.69) is 34.7 Å². The number of nitrogens with one attached hydrogen (secondary N) is 1. The van der Waals surface area contributed by atoms with E-state index in [1.807, 2.05) is 24.3 Å². The van der Waals surface area contributed by atoms with E-state index in [4.69, 9.17) is 4.74 Å². The highest BCUT2D eigenvalue weighted by Gasteiger charge is 2.23. The fourth-order valence-electron chi connectivity index (χ4n) is 2.91. The second-order valence-electron chi connectivity index (χ2n) is 7.61. The molecule has 3 aromatic rings. The molecule has 33 heavy (non-hydrogen) atoms. The van der Waals surface area contributed by atoms with Crippen molar-refractivity contribution in [3.05, 3.63) is 48.0 Å². The average molecular weight is 491 g/mol. The molecule has 10 nitrogen and oxygen atoms in total. The number of carbonyl (C=O) groups excluding carboxylic acids is 1. The molecule has 0 aliphatic rings. The van der Waals surface area contributed by atoms with Gasteiger partial charge in [0.15, 0.2) is 0 Å². The van der Waals surface area contributed by atoms with Crippen LogP contribution in [0.2, 0.25) is 0 Å². The van der Waals surface area contributed by atoms with Crippen LogP contribution in [0.25, 0.3) is 5.69 Å². The molecule has 0 saturated heterocycles. The normalized spacial score (nSPS) is 11.7. The second-order valence-corrected chi connectivity index (χ2v) is 10.7. The first-order valence-corrected chi connectivity index (χ1v) is 12.5. The fourth-order valence-corrected chi connectivity index (χ4v) is 4.68. The number of hydrogen-bond acceptors (Lipinski definition) is 8. The van der Waals surface area contributed by atoms with Crippen molar-refractivity contribution in [1.82, 2.24) is 24.5 Å². The Kier molecular flexibility index (Phi) is 7.72. The number of nitrogens with zero attached hydrogens (tertiary/aromatic N) is 5. The van der Waals surface area contributed by atoms with Crippen LogP contribution in [0, 0.1) is 0 Å². The molecule has 0 atom stereocenters. The van der Waals surface area contributed by atoms with Gasteiger partial charge in [0.2, 0.25) is 21.1 Å². The second kappa shape index (κ2) is 10.3. The Morgan fingerprint density at radius 2 is 1.88 bits per heavy atom. The molecule has 0 spiro atoms. The Hall–Kier alpha value is -2.96. The summed E-state index contributed by atoms with van der Waals surface area (Å²) in [5.74, 6) is 0.310. The van der Waals surface area contributed by atoms with Crippen molar-refractivity contribution in [1.29, 1.82) is 0 Å². The summed E-state index contributed by atoms with van der Waals surface area (Å²) in [5.41, 5.74) is 2.34. The molecule has 3 rings (SSSR count). The largest absolute Gasteiger partial charge is 0.495 e. The van der Waals surface area contributed by atoms with E-state index in [9.17, 15) is 13.2 Å². The fraction of sp³-hybridized carbons (Fsp3) is 0.333. The van der Waals surface area contributed by atoms with Crippen LogP contribution in [0.5, 0.6) is 5.75 Å². The first kappa shape index (κ1) is 24.7. The Labute approximate surface area is 197 Å². The first-order valence-electron chi connectivity index (χ1n) is 10.1. The van der Waals surface area contributed by atoms with Crippen molar-refractivity contribution in [2.24, 2.45) is 0 Å². The van der Waals surface area contributed by atoms with Gasteiger partial charge in [-0.3, -0.25) is 4.79 Å². The molecule has 0 saturated carbocycles. The number of thioether (sulfide) groups is 1. The van der Waals surface area contributed by atoms with Gasteiger partial charge in [-0.25, -0.2) is 12.7 Å². The van der Waals surface area contributed by atoms with Gasteiger partial charge in [-0.15, -0.1) is 5.10 Å². The summed E-state index contributed by atoms with van der Waals surface area (Å²) in [7, 11) is 0.495. The standard InChI is InChI=1S/C21H26N6O4S2/c1-14(2)15-6-9-17(10-7-15)27-21(23-24-25-27)32-13-20(28)22-16-8-11-18(31-5)19(12-16)33(29,30)26(3)4/h6-12,14H,13H2,1-5H3,(H,22,28). The Bertz CT molecular complexity index is 1220. The number of sulfonamides is 1. The van der Waals surface area contributed by atoms with E-state index in [-0.39, 0.29) is 22.3 Å². The van der Waals surface area contributed by atoms with E-state index < -0.39 is 10.0 Å². The molecule has 1 N–H and O–H groups in total. The van der Waals surface area contributed by atoms with Crippen LogP contribution in [0.15, 0.2) is 52.5 Å². The van der Waals surface area contributed by atoms with Gasteiger partial charge in [0.25, 0.3) is 0 Å². The minimum atomic E-state index is -3.75. The zero-order chi connectivity index (χ0) is 24.2. The number of methoxy groups -OCH3 is 1. The van der Waals surface area contributed by atoms with Crippen LogP contribution in [-0.4, -0.2) is 65.8 Å². The maximum absolute atomic E-state index is 12.6. The molecule has 0 bridgehead atoms. The summed E-state index contributed by atoms with van der Waals surface area (Å²) in [4.78, 5) is 12.5. The van der Waals surface area contributed by atoms with Crippen LogP contribution >= 0.6 is 11.8 Å². The molecule has 0 aliphatic carbocycles. The third-order valence-electron chi connectivity index (χ3n) is 4.78. The summed E-state index contributed by atoms with van der Waals surface area (Å²) >= 11 is 1.17. The lowest BCUT2D eigenvalue weighted by Crippen LogP contribution is -2.23. The lowest BCUT2D eigenvalue weighted by molar-refractivity contribution is -0.113. The molecule has 1 amide bonds. The minimum Gasteiger partial charge on any atom is -0.495 e. The van der Waals surface area contributed by atoms with E-state index in [0.717, 1.165) is 9.99 Å². The summed E-state index contributed by atoms with van der Waals surface area (Å²) in [6.45, 7) is 4.24. The monoisotopic (exact) mass is 490 g/mol. The molecular formula is C21H26N6O4S2. The van der Waals surface area contributed by atoms with Gasteiger partial charge < -0.3 is 10.1 Å². The molecular weight excluding hydrogens is 464 g/mol. The zero-order valence-corrected chi connectivity index (χ0v) is 20.6. The number of rotatable bonds is 9. The SMILES string of the molecule is COc1ccc(NC(=O)CSc2nnnn2-c2ccc(C(C)C)cc2)cc1S(=O)(=O)N(C)C. The van der Waals surface area contributed by atoms with Gasteiger partial charge >= 0.3 is 0 Å². The molecule has 12 heteroatoms. The number of tetrazole rings is 1. The van der Waals surface area contributed by atoms with Gasteiger partial charge in [-0.2, -0.15) is 4.68 Å². The summed E-state index contributed by atoms with van der Waals surface area (Å²) < 4.78 is 32.9. The van der Waals surface area contributed by atoms with Gasteiger partial charge in [-0.1, -0.05) is 37.7 Å². The van der Waals surface area contributed by atoms with Gasteiger partial charge in [0, 0.05) is 19.8 Å². The number of hydrogen-bond donors (Lipinski definition) is 1. The smallest absolute Gasteiger partial charge is 0.246 e. The number of aromatic nitrogens is 4. The number of anilines is 1. The maximum atomic E-state index is 12.6. The van der Waals surface area contributed by atoms with Gasteiger partial charge in [0.1, 0.15) is 10.6 Å². The molecule has 1 aromatic heterocycles. The van der Waals surface area contributed by atoms with Gasteiger partial charge in [0.05, 0.1) is 18.6 Å². The van der Waals surface area contributed by atoms with Crippen LogP contribution < -0.4 is 10.1 Å². The molecule has 0 fully saturated rings. The molecule has 176 valence electrons. The van der Waals surface area contributed by atoms with Crippen molar-refractivity contribution in [3.8, 4) is 11.4 Å². The number of amides is 1. The van der Waals surface area contributed by atoms with Crippen LogP contribution in [0.3, 0.4) is 0 Å². The average Bonchev–Trinajstić information content (AvgIpc) is 3.26. The highest BCUT2D eigenvalue weighted by molar-refractivity contribution is 7.99. The van der Waals surface area contributed by atoms with Crippen LogP contribution in [0.4, 0.5) is 5.69 Å². The lowest BCUT2D eigenvalue weighted by Gasteiger charge is -2.16. The van der Waals surface area contributed by atoms with E-state index in [0.29, 0.717) is 16.8 Å². The first-order chi connectivity index (χ1) is 15.6. The Morgan fingerprint density at radius 1 is 1.18 bits per heavy atom. The van der Waals surface area contributed by atoms with Crippen molar-refractivity contribution < 1.29 is 17.9 Å². The molecule has 2 aromatic carbocycles. The van der Waals surface area contributed by atoms with E-state index >= 15 is 0 Å². The topological polar surface area (TPSA) is 119 Å². The maximum Gasteiger partial charge on any atom is 0.246 e. The number of carbonyl (C=O) groups is 1. The molecule has 1 heterocycles. The quantitative estimate of drug-likeness (QED) is 0.455. The Morgan fingerprint density at radius 3 is 2.48 bits per heavy atom. The van der Waals surface area contributed by atoms with Crippen molar-refractivity contribution in [2.75, 3.05) is 32.3 Å². The van der Waals surface area contributed by atoms with Crippen molar-refractivity contribution >= 4 is 33.4 Å². The third-order valence-corrected chi connectivity index (χ3v) is 7.54. The minimum absolute atomic E-state index is 0.0331.